The standard InChI is InChI=1S/C9H10NO4P/c1-7(9(11)12)10-15(13)14-8-5-3-2-4-6-8/h2-7H,1H3,(H,11,12)/t7-/m0/s1/i7D. The molecule has 15 heavy (non-hydrogen) atoms. The Balaban J connectivity index is 2.76. The summed E-state index contributed by atoms with van der Waals surface area (Å²) in [6.07, 6.45) is 0. The highest BCUT2D eigenvalue weighted by Gasteiger charge is 2.14. The van der Waals surface area contributed by atoms with Gasteiger partial charge in [-0.3, -0.25) is 4.52 Å². The second-order valence-electron chi connectivity index (χ2n) is 2.63. The van der Waals surface area contributed by atoms with Crippen LogP contribution in [0.15, 0.2) is 35.1 Å². The Morgan fingerprint density at radius 2 is 2.27 bits per heavy atom. The molecule has 0 bridgehead atoms. The molecule has 0 fully saturated rings. The molecule has 1 unspecified atom stereocenters. The third kappa shape index (κ3) is 4.06. The molecule has 1 aromatic carbocycles. The molecule has 0 aliphatic rings. The Kier molecular flexibility index (Phi) is 3.65. The van der Waals surface area contributed by atoms with E-state index in [2.05, 4.69) is 4.74 Å². The second-order valence-corrected chi connectivity index (χ2v) is 3.49. The molecule has 1 rings (SSSR count). The average molecular weight is 228 g/mol. The van der Waals surface area contributed by atoms with E-state index in [1.807, 2.05) is 0 Å². The highest BCUT2D eigenvalue weighted by atomic mass is 31.1. The van der Waals surface area contributed by atoms with E-state index < -0.39 is 20.2 Å². The maximum atomic E-state index is 11.3. The van der Waals surface area contributed by atoms with Crippen molar-refractivity contribution >= 4 is 14.1 Å². The van der Waals surface area contributed by atoms with Crippen LogP contribution in [0.1, 0.15) is 8.29 Å². The molecule has 6 heteroatoms. The summed E-state index contributed by atoms with van der Waals surface area (Å²) in [6.45, 7) is 1.02. The van der Waals surface area contributed by atoms with Crippen molar-refractivity contribution in [1.82, 2.24) is 0 Å². The molecule has 0 heterocycles. The fourth-order valence-corrected chi connectivity index (χ4v) is 1.43. The molecule has 0 radical (unpaired) electrons. The molecule has 5 nitrogen and oxygen atoms in total. The normalized spacial score (nSPS) is 16.4. The first-order valence-electron chi connectivity index (χ1n) is 4.58. The zero-order valence-electron chi connectivity index (χ0n) is 8.95. The van der Waals surface area contributed by atoms with Crippen LogP contribution in [0.5, 0.6) is 5.75 Å². The van der Waals surface area contributed by atoms with Gasteiger partial charge in [-0.05, 0) is 19.1 Å². The molecule has 0 spiro atoms. The lowest BCUT2D eigenvalue weighted by molar-refractivity contribution is -0.169. The zero-order valence-corrected chi connectivity index (χ0v) is 8.85. The van der Waals surface area contributed by atoms with Gasteiger partial charge >= 0.3 is 14.1 Å². The van der Waals surface area contributed by atoms with Crippen molar-refractivity contribution in [2.24, 2.45) is 4.74 Å². The van der Waals surface area contributed by atoms with Gasteiger partial charge in [0, 0.05) is 0 Å². The van der Waals surface area contributed by atoms with Crippen LogP contribution in [-0.2, 0) is 4.79 Å². The third-order valence-electron chi connectivity index (χ3n) is 1.47. The number of carboxylic acid groups (broad SMARTS) is 1. The molecule has 2 atom stereocenters. The first kappa shape index (κ1) is 10.1. The predicted octanol–water partition coefficient (Wildman–Crippen LogP) is 1.39. The van der Waals surface area contributed by atoms with Crippen LogP contribution in [0.3, 0.4) is 0 Å². The van der Waals surface area contributed by atoms with Crippen LogP contribution in [0.2, 0.25) is 0 Å². The minimum Gasteiger partial charge on any atom is -0.575 e. The average Bonchev–Trinajstić information content (AvgIpc) is 2.17. The van der Waals surface area contributed by atoms with Gasteiger partial charge in [-0.1, -0.05) is 22.9 Å². The fourth-order valence-electron chi connectivity index (χ4n) is 0.757. The fraction of sp³-hybridized carbons (Fsp3) is 0.222. The van der Waals surface area contributed by atoms with Crippen LogP contribution < -0.4 is 9.42 Å². The van der Waals surface area contributed by atoms with Crippen molar-refractivity contribution in [3.8, 4) is 5.75 Å². The highest BCUT2D eigenvalue weighted by molar-refractivity contribution is 7.34. The Bertz CT molecular complexity index is 407. The van der Waals surface area contributed by atoms with Crippen molar-refractivity contribution in [1.29, 1.82) is 0 Å². The van der Waals surface area contributed by atoms with Crippen molar-refractivity contribution in [2.45, 2.75) is 12.9 Å². The number of aliphatic carboxylic acids is 1. The third-order valence-corrected chi connectivity index (χ3v) is 2.30. The van der Waals surface area contributed by atoms with E-state index in [4.69, 9.17) is 11.0 Å². The SMILES string of the molecule is [2H][C@@](C)(N=[P+]([O-])Oc1ccccc1)C(=O)O. The molecule has 0 aromatic heterocycles. The monoisotopic (exact) mass is 228 g/mol. The molecule has 80 valence electrons. The van der Waals surface area contributed by atoms with Gasteiger partial charge in [0.05, 0.1) is 1.37 Å². The first-order chi connectivity index (χ1) is 7.42. The van der Waals surface area contributed by atoms with E-state index >= 15 is 0 Å². The number of hydrogen-bond acceptors (Lipinski definition) is 4. The van der Waals surface area contributed by atoms with Gasteiger partial charge in [-0.25, -0.2) is 4.79 Å². The molecule has 1 N–H and O–H groups in total. The van der Waals surface area contributed by atoms with Crippen LogP contribution in [0.4, 0.5) is 0 Å². The molecule has 0 aliphatic carbocycles. The number of rotatable bonds is 4. The lowest BCUT2D eigenvalue weighted by atomic mass is 10.3. The quantitative estimate of drug-likeness (QED) is 0.789. The largest absolute Gasteiger partial charge is 0.575 e. The Labute approximate surface area is 89.4 Å². The topological polar surface area (TPSA) is 82.0 Å². The second kappa shape index (κ2) is 5.44. The van der Waals surface area contributed by atoms with E-state index in [1.54, 1.807) is 30.3 Å². The number of nitrogens with zero attached hydrogens (tertiary/aromatic N) is 1. The molecule has 0 saturated heterocycles. The molecule has 0 saturated carbocycles. The number of para-hydroxylation sites is 1. The summed E-state index contributed by atoms with van der Waals surface area (Å²) in [4.78, 5) is 21.9. The van der Waals surface area contributed by atoms with Gasteiger partial charge in [0.1, 0.15) is 0 Å². The lowest BCUT2D eigenvalue weighted by Crippen LogP contribution is -2.13. The summed E-state index contributed by atoms with van der Waals surface area (Å²) in [5, 5.41) is 8.59. The summed E-state index contributed by atoms with van der Waals surface area (Å²) in [5.41, 5.74) is 0. The van der Waals surface area contributed by atoms with Crippen molar-refractivity contribution < 1.29 is 20.7 Å². The maximum absolute atomic E-state index is 11.3. The van der Waals surface area contributed by atoms with Crippen molar-refractivity contribution in [2.75, 3.05) is 0 Å². The smallest absolute Gasteiger partial charge is 0.395 e. The van der Waals surface area contributed by atoms with Gasteiger partial charge in [0.2, 0.25) is 0 Å². The van der Waals surface area contributed by atoms with Crippen LogP contribution in [-0.4, -0.2) is 17.1 Å². The van der Waals surface area contributed by atoms with Gasteiger partial charge in [0.15, 0.2) is 11.8 Å². The summed E-state index contributed by atoms with van der Waals surface area (Å²) in [5.74, 6) is -1.17. The van der Waals surface area contributed by atoms with Crippen LogP contribution in [0.25, 0.3) is 0 Å². The van der Waals surface area contributed by atoms with Crippen LogP contribution >= 0.6 is 8.17 Å². The lowest BCUT2D eigenvalue weighted by Gasteiger charge is -1.99. The van der Waals surface area contributed by atoms with E-state index in [0.29, 0.717) is 5.75 Å². The minimum atomic E-state index is -2.57. The Morgan fingerprint density at radius 3 is 2.80 bits per heavy atom. The molecular formula is C9H10NO4P. The Hall–Kier alpha value is -1.45. The number of carboxylic acids is 1. The maximum Gasteiger partial charge on any atom is 0.395 e. The van der Waals surface area contributed by atoms with Gasteiger partial charge in [-0.2, -0.15) is 0 Å². The molecule has 0 aliphatic heterocycles. The van der Waals surface area contributed by atoms with E-state index in [0.717, 1.165) is 6.92 Å². The van der Waals surface area contributed by atoms with Crippen molar-refractivity contribution in [3.05, 3.63) is 30.3 Å². The molecule has 0 amide bonds. The Morgan fingerprint density at radius 1 is 1.67 bits per heavy atom. The van der Waals surface area contributed by atoms with E-state index in [-0.39, 0.29) is 0 Å². The number of hydrogen-bond donors (Lipinski definition) is 1. The van der Waals surface area contributed by atoms with E-state index in [9.17, 15) is 9.69 Å². The van der Waals surface area contributed by atoms with Crippen LogP contribution in [0, 0.1) is 0 Å². The van der Waals surface area contributed by atoms with Gasteiger partial charge in [-0.15, -0.1) is 0 Å². The molecular weight excluding hydrogens is 217 g/mol. The predicted molar refractivity (Wildman–Crippen MR) is 53.5 cm³/mol. The number of benzene rings is 1. The zero-order chi connectivity index (χ0) is 12.2. The summed E-state index contributed by atoms with van der Waals surface area (Å²) < 4.78 is 15.4. The highest BCUT2D eigenvalue weighted by Crippen LogP contribution is 2.23. The minimum absolute atomic E-state index is 0.313. The summed E-state index contributed by atoms with van der Waals surface area (Å²) >= 11 is 0. The molecule has 1 aromatic rings. The van der Waals surface area contributed by atoms with Gasteiger partial charge in [0.25, 0.3) is 0 Å². The first-order valence-corrected chi connectivity index (χ1v) is 5.21. The summed E-state index contributed by atoms with van der Waals surface area (Å²) in [6, 6.07) is 6.06. The van der Waals surface area contributed by atoms with E-state index in [1.165, 1.54) is 0 Å². The number of carbonyl (C=O) groups is 1. The summed E-state index contributed by atoms with van der Waals surface area (Å²) in [7, 11) is -2.57. The van der Waals surface area contributed by atoms with Gasteiger partial charge < -0.3 is 10.00 Å². The van der Waals surface area contributed by atoms with Crippen molar-refractivity contribution in [3.63, 3.8) is 0 Å².